The van der Waals surface area contributed by atoms with Crippen LogP contribution in [0.5, 0.6) is 0 Å². The number of carbonyl (C=O) groups excluding carboxylic acids is 1. The number of hydrogen-bond acceptors (Lipinski definition) is 3. The van der Waals surface area contributed by atoms with Crippen molar-refractivity contribution in [2.24, 2.45) is 5.92 Å². The maximum atomic E-state index is 12.2. The van der Waals surface area contributed by atoms with Gasteiger partial charge in [0.15, 0.2) is 5.78 Å². The molecular weight excluding hydrogens is 264 g/mol. The van der Waals surface area contributed by atoms with E-state index in [0.29, 0.717) is 12.2 Å². The van der Waals surface area contributed by atoms with Gasteiger partial charge in [-0.3, -0.25) is 4.79 Å². The van der Waals surface area contributed by atoms with Gasteiger partial charge in [-0.1, -0.05) is 67.6 Å². The minimum atomic E-state index is -0.804. The molecule has 2 rings (SSSR count). The molecule has 1 N–H and O–H groups in total. The molecule has 0 radical (unpaired) electrons. The number of ether oxygens (including phenoxy) is 1. The van der Waals surface area contributed by atoms with E-state index in [1.165, 1.54) is 0 Å². The van der Waals surface area contributed by atoms with Crippen LogP contribution in [0.3, 0.4) is 0 Å². The molecule has 0 fully saturated rings. The first-order valence-electron chi connectivity index (χ1n) is 7.07. The van der Waals surface area contributed by atoms with Gasteiger partial charge in [-0.25, -0.2) is 0 Å². The quantitative estimate of drug-likeness (QED) is 0.795. The lowest BCUT2D eigenvalue weighted by molar-refractivity contribution is 0.00495. The molecule has 0 saturated heterocycles. The number of Topliss-reactive ketones (excluding diaryl/α,β-unsaturated/α-hetero) is 1. The van der Waals surface area contributed by atoms with Gasteiger partial charge >= 0.3 is 0 Å². The molecule has 0 heterocycles. The maximum absolute atomic E-state index is 12.2. The molecule has 0 saturated carbocycles. The standard InChI is InChI=1S/C18H20O3/c1-14(18(20)16-10-6-3-7-11-16)17(19)13-21-12-15-8-4-2-5-9-15/h2-11,14,17,19H,12-13H2,1H3. The van der Waals surface area contributed by atoms with Gasteiger partial charge in [0.2, 0.25) is 0 Å². The zero-order chi connectivity index (χ0) is 15.1. The fourth-order valence-electron chi connectivity index (χ4n) is 2.06. The molecule has 2 aromatic carbocycles. The zero-order valence-corrected chi connectivity index (χ0v) is 12.1. The maximum Gasteiger partial charge on any atom is 0.168 e. The number of benzene rings is 2. The Hall–Kier alpha value is -1.97. The molecule has 3 nitrogen and oxygen atoms in total. The first-order valence-corrected chi connectivity index (χ1v) is 7.07. The van der Waals surface area contributed by atoms with Crippen molar-refractivity contribution >= 4 is 5.78 Å². The molecule has 0 bridgehead atoms. The van der Waals surface area contributed by atoms with Crippen LogP contribution in [0, 0.1) is 5.92 Å². The first kappa shape index (κ1) is 15.4. The summed E-state index contributed by atoms with van der Waals surface area (Å²) in [6.45, 7) is 2.31. The molecule has 0 amide bonds. The molecule has 0 spiro atoms. The topological polar surface area (TPSA) is 46.5 Å². The summed E-state index contributed by atoms with van der Waals surface area (Å²) in [5.74, 6) is -0.547. The van der Waals surface area contributed by atoms with Crippen molar-refractivity contribution in [1.29, 1.82) is 0 Å². The van der Waals surface area contributed by atoms with Gasteiger partial charge in [-0.2, -0.15) is 0 Å². The summed E-state index contributed by atoms with van der Waals surface area (Å²) in [7, 11) is 0. The number of aliphatic hydroxyl groups excluding tert-OH is 1. The van der Waals surface area contributed by atoms with E-state index in [1.807, 2.05) is 48.5 Å². The largest absolute Gasteiger partial charge is 0.390 e. The average molecular weight is 284 g/mol. The Morgan fingerprint density at radius 3 is 2.24 bits per heavy atom. The molecule has 2 atom stereocenters. The third-order valence-corrected chi connectivity index (χ3v) is 3.45. The Labute approximate surface area is 125 Å². The third-order valence-electron chi connectivity index (χ3n) is 3.45. The highest BCUT2D eigenvalue weighted by Gasteiger charge is 2.23. The van der Waals surface area contributed by atoms with Crippen molar-refractivity contribution in [3.8, 4) is 0 Å². The van der Waals surface area contributed by atoms with Crippen LogP contribution < -0.4 is 0 Å². The fraction of sp³-hybridized carbons (Fsp3) is 0.278. The van der Waals surface area contributed by atoms with E-state index in [2.05, 4.69) is 0 Å². The van der Waals surface area contributed by atoms with Crippen LogP contribution in [-0.4, -0.2) is 23.6 Å². The van der Waals surface area contributed by atoms with Crippen LogP contribution in [0.4, 0.5) is 0 Å². The molecule has 2 aromatic rings. The number of rotatable bonds is 7. The Morgan fingerprint density at radius 1 is 1.05 bits per heavy atom. The second-order valence-corrected chi connectivity index (χ2v) is 5.09. The average Bonchev–Trinajstić information content (AvgIpc) is 2.55. The number of aliphatic hydroxyl groups is 1. The predicted molar refractivity (Wildman–Crippen MR) is 82.0 cm³/mol. The Kier molecular flexibility index (Phi) is 5.67. The molecule has 21 heavy (non-hydrogen) atoms. The lowest BCUT2D eigenvalue weighted by Crippen LogP contribution is -2.30. The van der Waals surface area contributed by atoms with Crippen molar-refractivity contribution in [3.63, 3.8) is 0 Å². The molecule has 0 aliphatic carbocycles. The van der Waals surface area contributed by atoms with Crippen LogP contribution in [0.1, 0.15) is 22.8 Å². The normalized spacial score (nSPS) is 13.6. The van der Waals surface area contributed by atoms with Crippen LogP contribution >= 0.6 is 0 Å². The fourth-order valence-corrected chi connectivity index (χ4v) is 2.06. The van der Waals surface area contributed by atoms with Gasteiger partial charge in [0.25, 0.3) is 0 Å². The lowest BCUT2D eigenvalue weighted by Gasteiger charge is -2.18. The second-order valence-electron chi connectivity index (χ2n) is 5.09. The van der Waals surface area contributed by atoms with Crippen molar-refractivity contribution in [3.05, 3.63) is 71.8 Å². The van der Waals surface area contributed by atoms with Gasteiger partial charge in [-0.15, -0.1) is 0 Å². The summed E-state index contributed by atoms with van der Waals surface area (Å²) in [4.78, 5) is 12.2. The molecule has 3 heteroatoms. The van der Waals surface area contributed by atoms with Gasteiger partial charge in [0.1, 0.15) is 0 Å². The summed E-state index contributed by atoms with van der Waals surface area (Å²) >= 11 is 0. The Morgan fingerprint density at radius 2 is 1.62 bits per heavy atom. The van der Waals surface area contributed by atoms with Crippen molar-refractivity contribution in [2.75, 3.05) is 6.61 Å². The van der Waals surface area contributed by atoms with E-state index in [-0.39, 0.29) is 12.4 Å². The van der Waals surface area contributed by atoms with Gasteiger partial charge in [0, 0.05) is 11.5 Å². The number of ketones is 1. The second kappa shape index (κ2) is 7.72. The van der Waals surface area contributed by atoms with Gasteiger partial charge in [-0.05, 0) is 5.56 Å². The zero-order valence-electron chi connectivity index (χ0n) is 12.1. The predicted octanol–water partition coefficient (Wildman–Crippen LogP) is 3.08. The monoisotopic (exact) mass is 284 g/mol. The highest BCUT2D eigenvalue weighted by molar-refractivity contribution is 5.97. The van der Waals surface area contributed by atoms with Crippen LogP contribution in [0.25, 0.3) is 0 Å². The first-order chi connectivity index (χ1) is 10.2. The van der Waals surface area contributed by atoms with Crippen LogP contribution in [0.15, 0.2) is 60.7 Å². The van der Waals surface area contributed by atoms with E-state index in [1.54, 1.807) is 19.1 Å². The number of carbonyl (C=O) groups is 1. The van der Waals surface area contributed by atoms with E-state index >= 15 is 0 Å². The summed E-state index contributed by atoms with van der Waals surface area (Å²) in [5.41, 5.74) is 1.67. The van der Waals surface area contributed by atoms with Gasteiger partial charge in [0.05, 0.1) is 19.3 Å². The minimum Gasteiger partial charge on any atom is -0.390 e. The van der Waals surface area contributed by atoms with Crippen LogP contribution in [-0.2, 0) is 11.3 Å². The van der Waals surface area contributed by atoms with E-state index in [0.717, 1.165) is 5.56 Å². The summed E-state index contributed by atoms with van der Waals surface area (Å²) < 4.78 is 5.49. The van der Waals surface area contributed by atoms with E-state index in [4.69, 9.17) is 4.74 Å². The summed E-state index contributed by atoms with van der Waals surface area (Å²) in [6, 6.07) is 18.8. The Balaban J connectivity index is 1.82. The summed E-state index contributed by atoms with van der Waals surface area (Å²) in [5, 5.41) is 10.1. The lowest BCUT2D eigenvalue weighted by atomic mass is 9.95. The molecule has 0 aliphatic heterocycles. The highest BCUT2D eigenvalue weighted by Crippen LogP contribution is 2.13. The van der Waals surface area contributed by atoms with Crippen molar-refractivity contribution in [2.45, 2.75) is 19.6 Å². The van der Waals surface area contributed by atoms with Crippen molar-refractivity contribution < 1.29 is 14.6 Å². The highest BCUT2D eigenvalue weighted by atomic mass is 16.5. The SMILES string of the molecule is CC(C(=O)c1ccccc1)C(O)COCc1ccccc1. The Bertz CT molecular complexity index is 551. The van der Waals surface area contributed by atoms with Crippen molar-refractivity contribution in [1.82, 2.24) is 0 Å². The minimum absolute atomic E-state index is 0.0635. The smallest absolute Gasteiger partial charge is 0.168 e. The molecule has 110 valence electrons. The molecular formula is C18H20O3. The molecule has 2 unspecified atom stereocenters. The van der Waals surface area contributed by atoms with E-state index < -0.39 is 12.0 Å². The van der Waals surface area contributed by atoms with Gasteiger partial charge < -0.3 is 9.84 Å². The van der Waals surface area contributed by atoms with Crippen LogP contribution in [0.2, 0.25) is 0 Å². The third kappa shape index (κ3) is 4.52. The summed E-state index contributed by atoms with van der Waals surface area (Å²) in [6.07, 6.45) is -0.804. The molecule has 0 aromatic heterocycles. The molecule has 0 aliphatic rings. The number of hydrogen-bond donors (Lipinski definition) is 1. The van der Waals surface area contributed by atoms with E-state index in [9.17, 15) is 9.90 Å².